The van der Waals surface area contributed by atoms with Crippen molar-refractivity contribution in [1.82, 2.24) is 4.31 Å². The van der Waals surface area contributed by atoms with Crippen molar-refractivity contribution in [3.8, 4) is 0 Å². The number of nitrogens with zero attached hydrogens (tertiary/aromatic N) is 1. The second kappa shape index (κ2) is 6.90. The molecule has 1 atom stereocenters. The second-order valence-corrected chi connectivity index (χ2v) is 8.08. The maximum Gasteiger partial charge on any atom is 0.243 e. The van der Waals surface area contributed by atoms with Crippen LogP contribution in [0.15, 0.2) is 29.2 Å². The first kappa shape index (κ1) is 16.5. The van der Waals surface area contributed by atoms with Crippen LogP contribution in [0.2, 0.25) is 0 Å². The third kappa shape index (κ3) is 3.84. The first-order chi connectivity index (χ1) is 9.95. The lowest BCUT2D eigenvalue weighted by Gasteiger charge is -2.21. The van der Waals surface area contributed by atoms with Crippen LogP contribution in [0.25, 0.3) is 0 Å². The summed E-state index contributed by atoms with van der Waals surface area (Å²) in [5.74, 6) is 1.21. The van der Waals surface area contributed by atoms with Crippen molar-refractivity contribution >= 4 is 10.0 Å². The second-order valence-electron chi connectivity index (χ2n) is 6.14. The molecule has 1 heterocycles. The lowest BCUT2D eigenvalue weighted by Crippen LogP contribution is -2.32. The Morgan fingerprint density at radius 2 is 2.05 bits per heavy atom. The molecule has 1 aliphatic rings. The number of sulfonamides is 1. The Labute approximate surface area is 127 Å². The van der Waals surface area contributed by atoms with Crippen molar-refractivity contribution in [2.75, 3.05) is 13.1 Å². The van der Waals surface area contributed by atoms with Gasteiger partial charge in [-0.05, 0) is 48.8 Å². The Hall–Kier alpha value is -0.910. The van der Waals surface area contributed by atoms with Gasteiger partial charge in [0.05, 0.1) is 11.5 Å². The standard InChI is InChI=1S/C16H25NO3S/c1-13(2)15-6-4-9-17(10-8-15)21(19,20)16-7-3-5-14(11-16)12-18/h3,5,7,11,13,15,18H,4,6,8-10,12H2,1-2H3. The smallest absolute Gasteiger partial charge is 0.243 e. The summed E-state index contributed by atoms with van der Waals surface area (Å²) in [7, 11) is -3.44. The maximum absolute atomic E-state index is 12.7. The predicted molar refractivity (Wildman–Crippen MR) is 83.3 cm³/mol. The normalized spacial score (nSPS) is 21.4. The van der Waals surface area contributed by atoms with E-state index in [1.165, 1.54) is 0 Å². The number of rotatable bonds is 4. The van der Waals surface area contributed by atoms with Crippen molar-refractivity contribution in [2.45, 2.75) is 44.6 Å². The molecule has 1 aliphatic heterocycles. The molecule has 1 fully saturated rings. The van der Waals surface area contributed by atoms with E-state index < -0.39 is 10.0 Å². The summed E-state index contributed by atoms with van der Waals surface area (Å²) in [6.45, 7) is 5.46. The van der Waals surface area contributed by atoms with E-state index in [0.29, 0.717) is 30.5 Å². The molecule has 118 valence electrons. The van der Waals surface area contributed by atoms with E-state index in [4.69, 9.17) is 0 Å². The summed E-state index contributed by atoms with van der Waals surface area (Å²) in [5, 5.41) is 9.17. The van der Waals surface area contributed by atoms with Gasteiger partial charge in [0.25, 0.3) is 0 Å². The minimum absolute atomic E-state index is 0.140. The zero-order valence-electron chi connectivity index (χ0n) is 12.8. The number of hydrogen-bond donors (Lipinski definition) is 1. The highest BCUT2D eigenvalue weighted by atomic mass is 32.2. The fourth-order valence-electron chi connectivity index (χ4n) is 2.96. The van der Waals surface area contributed by atoms with Crippen LogP contribution in [0, 0.1) is 11.8 Å². The number of hydrogen-bond acceptors (Lipinski definition) is 3. The fourth-order valence-corrected chi connectivity index (χ4v) is 4.52. The number of aliphatic hydroxyl groups excluding tert-OH is 1. The predicted octanol–water partition coefficient (Wildman–Crippen LogP) is 2.63. The molecule has 1 aromatic carbocycles. The molecule has 1 N–H and O–H groups in total. The van der Waals surface area contributed by atoms with E-state index in [1.54, 1.807) is 28.6 Å². The van der Waals surface area contributed by atoms with Crippen molar-refractivity contribution in [3.05, 3.63) is 29.8 Å². The van der Waals surface area contributed by atoms with Gasteiger partial charge in [-0.15, -0.1) is 0 Å². The van der Waals surface area contributed by atoms with Crippen LogP contribution in [0.3, 0.4) is 0 Å². The largest absolute Gasteiger partial charge is 0.392 e. The van der Waals surface area contributed by atoms with E-state index in [1.807, 2.05) is 0 Å². The van der Waals surface area contributed by atoms with Crippen LogP contribution < -0.4 is 0 Å². The molecular weight excluding hydrogens is 286 g/mol. The Bertz CT molecular complexity index is 569. The van der Waals surface area contributed by atoms with E-state index in [-0.39, 0.29) is 11.5 Å². The molecule has 0 bridgehead atoms. The molecule has 2 rings (SSSR count). The molecule has 0 aromatic heterocycles. The molecule has 0 spiro atoms. The van der Waals surface area contributed by atoms with Gasteiger partial charge < -0.3 is 5.11 Å². The van der Waals surface area contributed by atoms with E-state index in [9.17, 15) is 13.5 Å². The molecular formula is C16H25NO3S. The zero-order valence-corrected chi connectivity index (χ0v) is 13.6. The third-order valence-corrected chi connectivity index (χ3v) is 6.29. The summed E-state index contributed by atoms with van der Waals surface area (Å²) < 4.78 is 27.1. The number of aliphatic hydroxyl groups is 1. The summed E-state index contributed by atoms with van der Waals surface area (Å²) in [6.07, 6.45) is 2.94. The average molecular weight is 311 g/mol. The van der Waals surface area contributed by atoms with Gasteiger partial charge in [0.15, 0.2) is 0 Å². The van der Waals surface area contributed by atoms with Crippen LogP contribution in [0.5, 0.6) is 0 Å². The topological polar surface area (TPSA) is 57.6 Å². The highest BCUT2D eigenvalue weighted by Gasteiger charge is 2.28. The quantitative estimate of drug-likeness (QED) is 0.930. The molecule has 4 nitrogen and oxygen atoms in total. The molecule has 1 aromatic rings. The van der Waals surface area contributed by atoms with Crippen molar-refractivity contribution < 1.29 is 13.5 Å². The van der Waals surface area contributed by atoms with Gasteiger partial charge in [0, 0.05) is 13.1 Å². The lowest BCUT2D eigenvalue weighted by atomic mass is 9.89. The Morgan fingerprint density at radius 3 is 2.71 bits per heavy atom. The van der Waals surface area contributed by atoms with E-state index >= 15 is 0 Å². The fraction of sp³-hybridized carbons (Fsp3) is 0.625. The van der Waals surface area contributed by atoms with Gasteiger partial charge in [-0.1, -0.05) is 26.0 Å². The molecule has 21 heavy (non-hydrogen) atoms. The first-order valence-electron chi connectivity index (χ1n) is 7.65. The van der Waals surface area contributed by atoms with Crippen LogP contribution in [-0.4, -0.2) is 30.9 Å². The first-order valence-corrected chi connectivity index (χ1v) is 9.09. The van der Waals surface area contributed by atoms with Gasteiger partial charge in [-0.3, -0.25) is 0 Å². The van der Waals surface area contributed by atoms with Gasteiger partial charge in [0.2, 0.25) is 10.0 Å². The van der Waals surface area contributed by atoms with Gasteiger partial charge in [-0.25, -0.2) is 8.42 Å². The van der Waals surface area contributed by atoms with E-state index in [0.717, 1.165) is 19.3 Å². The van der Waals surface area contributed by atoms with Crippen LogP contribution in [0.4, 0.5) is 0 Å². The van der Waals surface area contributed by atoms with Crippen molar-refractivity contribution in [1.29, 1.82) is 0 Å². The summed E-state index contributed by atoms with van der Waals surface area (Å²) in [4.78, 5) is 0.289. The van der Waals surface area contributed by atoms with Crippen LogP contribution in [-0.2, 0) is 16.6 Å². The minimum atomic E-state index is -3.44. The molecule has 0 radical (unpaired) electrons. The van der Waals surface area contributed by atoms with Gasteiger partial charge in [0.1, 0.15) is 0 Å². The highest BCUT2D eigenvalue weighted by molar-refractivity contribution is 7.89. The van der Waals surface area contributed by atoms with Gasteiger partial charge >= 0.3 is 0 Å². The lowest BCUT2D eigenvalue weighted by molar-refractivity contribution is 0.281. The monoisotopic (exact) mass is 311 g/mol. The van der Waals surface area contributed by atoms with Crippen molar-refractivity contribution in [2.24, 2.45) is 11.8 Å². The molecule has 0 amide bonds. The van der Waals surface area contributed by atoms with Gasteiger partial charge in [-0.2, -0.15) is 4.31 Å². The Balaban J connectivity index is 2.19. The zero-order chi connectivity index (χ0) is 15.5. The summed E-state index contributed by atoms with van der Waals surface area (Å²) in [5.41, 5.74) is 0.631. The molecule has 5 heteroatoms. The summed E-state index contributed by atoms with van der Waals surface area (Å²) >= 11 is 0. The van der Waals surface area contributed by atoms with Crippen LogP contribution in [0.1, 0.15) is 38.7 Å². The Morgan fingerprint density at radius 1 is 1.29 bits per heavy atom. The van der Waals surface area contributed by atoms with Crippen LogP contribution >= 0.6 is 0 Å². The third-order valence-electron chi connectivity index (χ3n) is 4.39. The number of benzene rings is 1. The molecule has 1 saturated heterocycles. The minimum Gasteiger partial charge on any atom is -0.392 e. The SMILES string of the molecule is CC(C)C1CCCN(S(=O)(=O)c2cccc(CO)c2)CC1. The molecule has 0 saturated carbocycles. The maximum atomic E-state index is 12.7. The Kier molecular flexibility index (Phi) is 5.41. The van der Waals surface area contributed by atoms with E-state index in [2.05, 4.69) is 13.8 Å². The summed E-state index contributed by atoms with van der Waals surface area (Å²) in [6, 6.07) is 6.60. The average Bonchev–Trinajstić information content (AvgIpc) is 2.73. The molecule has 1 unspecified atom stereocenters. The molecule has 0 aliphatic carbocycles. The highest BCUT2D eigenvalue weighted by Crippen LogP contribution is 2.27. The van der Waals surface area contributed by atoms with Crippen molar-refractivity contribution in [3.63, 3.8) is 0 Å².